The Morgan fingerprint density at radius 1 is 1.25 bits per heavy atom. The first-order chi connectivity index (χ1) is 13.2. The Kier molecular flexibility index (Phi) is 6.95. The molecule has 0 N–H and O–H groups in total. The molecule has 0 spiro atoms. The number of nitriles is 1. The highest BCUT2D eigenvalue weighted by atomic mass is 32.1. The first-order valence-electron chi connectivity index (χ1n) is 8.76. The minimum atomic E-state index is -0.725. The minimum absolute atomic E-state index is 0.0000778. The summed E-state index contributed by atoms with van der Waals surface area (Å²) >= 11 is 1.15. The van der Waals surface area contributed by atoms with E-state index in [4.69, 9.17) is 9.47 Å². The third kappa shape index (κ3) is 4.77. The summed E-state index contributed by atoms with van der Waals surface area (Å²) in [6, 6.07) is 9.30. The highest BCUT2D eigenvalue weighted by molar-refractivity contribution is 7.07. The Morgan fingerprint density at radius 2 is 1.89 bits per heavy atom. The van der Waals surface area contributed by atoms with E-state index in [0.717, 1.165) is 22.6 Å². The Labute approximate surface area is 168 Å². The molecule has 0 radical (unpaired) electrons. The van der Waals surface area contributed by atoms with E-state index in [0.29, 0.717) is 15.8 Å². The maximum atomic E-state index is 12.9. The molecule has 1 aromatic carbocycles. The van der Waals surface area contributed by atoms with Gasteiger partial charge in [0, 0.05) is 12.5 Å². The lowest BCUT2D eigenvalue weighted by Crippen LogP contribution is -2.35. The summed E-state index contributed by atoms with van der Waals surface area (Å²) in [5.41, 5.74) is -0.149. The van der Waals surface area contributed by atoms with Gasteiger partial charge >= 0.3 is 0 Å². The van der Waals surface area contributed by atoms with Crippen molar-refractivity contribution in [3.05, 3.63) is 49.4 Å². The summed E-state index contributed by atoms with van der Waals surface area (Å²) in [4.78, 5) is 25.7. The van der Waals surface area contributed by atoms with Gasteiger partial charge in [-0.25, -0.2) is 0 Å². The number of thiazole rings is 1. The fourth-order valence-electron chi connectivity index (χ4n) is 2.51. The van der Waals surface area contributed by atoms with Crippen molar-refractivity contribution in [3.63, 3.8) is 0 Å². The zero-order chi connectivity index (χ0) is 20.9. The van der Waals surface area contributed by atoms with Gasteiger partial charge in [-0.15, -0.1) is 11.3 Å². The van der Waals surface area contributed by atoms with Gasteiger partial charge in [-0.3, -0.25) is 14.2 Å². The Hall–Kier alpha value is -2.69. The molecule has 0 unspecified atom stereocenters. The molecule has 0 amide bonds. The van der Waals surface area contributed by atoms with Gasteiger partial charge in [0.05, 0.1) is 24.8 Å². The van der Waals surface area contributed by atoms with Crippen molar-refractivity contribution in [2.24, 2.45) is 5.41 Å². The van der Waals surface area contributed by atoms with Gasteiger partial charge in [-0.2, -0.15) is 5.26 Å². The maximum Gasteiger partial charge on any atom is 0.269 e. The summed E-state index contributed by atoms with van der Waals surface area (Å²) < 4.78 is 12.5. The van der Waals surface area contributed by atoms with Gasteiger partial charge in [0.2, 0.25) is 0 Å². The molecular formula is C21H24N2O4S. The van der Waals surface area contributed by atoms with Crippen molar-refractivity contribution in [3.8, 4) is 11.8 Å². The number of hydrogen-bond acceptors (Lipinski definition) is 6. The van der Waals surface area contributed by atoms with Crippen molar-refractivity contribution in [1.82, 2.24) is 4.57 Å². The molecule has 0 atom stereocenters. The van der Waals surface area contributed by atoms with E-state index in [2.05, 4.69) is 0 Å². The zero-order valence-corrected chi connectivity index (χ0v) is 17.6. The smallest absolute Gasteiger partial charge is 0.269 e. The summed E-state index contributed by atoms with van der Waals surface area (Å²) in [6.45, 7) is 5.82. The van der Waals surface area contributed by atoms with Gasteiger partial charge in [0.25, 0.3) is 5.56 Å². The lowest BCUT2D eigenvalue weighted by atomic mass is 9.87. The number of carbonyl (C=O) groups excluding carboxylic acids is 1. The second kappa shape index (κ2) is 9.00. The molecule has 7 heteroatoms. The molecule has 2 rings (SSSR count). The van der Waals surface area contributed by atoms with Crippen LogP contribution in [0.15, 0.2) is 29.1 Å². The van der Waals surface area contributed by atoms with Crippen LogP contribution in [0.2, 0.25) is 0 Å². The minimum Gasteiger partial charge on any atom is -0.497 e. The molecule has 0 aliphatic heterocycles. The van der Waals surface area contributed by atoms with Crippen LogP contribution in [0.25, 0.3) is 11.6 Å². The fraction of sp³-hybridized carbons (Fsp3) is 0.381. The number of ketones is 1. The maximum absolute atomic E-state index is 12.9. The van der Waals surface area contributed by atoms with Crippen LogP contribution in [0.1, 0.15) is 26.3 Å². The van der Waals surface area contributed by atoms with E-state index in [1.165, 1.54) is 11.7 Å². The second-order valence-electron chi connectivity index (χ2n) is 7.20. The second-order valence-corrected chi connectivity index (χ2v) is 8.24. The third-order valence-corrected chi connectivity index (χ3v) is 5.20. The van der Waals surface area contributed by atoms with Gasteiger partial charge < -0.3 is 9.47 Å². The summed E-state index contributed by atoms with van der Waals surface area (Å²) in [7, 11) is 3.13. The molecular weight excluding hydrogens is 376 g/mol. The highest BCUT2D eigenvalue weighted by Crippen LogP contribution is 2.19. The Morgan fingerprint density at radius 3 is 2.39 bits per heavy atom. The van der Waals surface area contributed by atoms with E-state index >= 15 is 0 Å². The van der Waals surface area contributed by atoms with E-state index in [-0.39, 0.29) is 23.5 Å². The molecule has 148 valence electrons. The average Bonchev–Trinajstić information content (AvgIpc) is 2.96. The van der Waals surface area contributed by atoms with E-state index in [1.54, 1.807) is 46.1 Å². The molecule has 6 nitrogen and oxygen atoms in total. The summed E-state index contributed by atoms with van der Waals surface area (Å²) in [5, 5.41) is 9.64. The van der Waals surface area contributed by atoms with Crippen molar-refractivity contribution < 1.29 is 14.3 Å². The van der Waals surface area contributed by atoms with Crippen LogP contribution >= 0.6 is 11.3 Å². The van der Waals surface area contributed by atoms with Crippen LogP contribution in [0.5, 0.6) is 5.75 Å². The number of ether oxygens (including phenoxy) is 2. The van der Waals surface area contributed by atoms with E-state index in [9.17, 15) is 14.9 Å². The van der Waals surface area contributed by atoms with E-state index in [1.807, 2.05) is 18.2 Å². The number of aromatic nitrogens is 1. The first kappa shape index (κ1) is 21.6. The van der Waals surface area contributed by atoms with Crippen LogP contribution in [-0.2, 0) is 16.1 Å². The predicted octanol–water partition coefficient (Wildman–Crippen LogP) is 1.68. The summed E-state index contributed by atoms with van der Waals surface area (Å²) in [5.74, 6) is 0.427. The normalized spacial score (nSPS) is 13.2. The van der Waals surface area contributed by atoms with Crippen LogP contribution < -0.4 is 19.5 Å². The quantitative estimate of drug-likeness (QED) is 0.737. The number of carbonyl (C=O) groups is 1. The SMILES string of the molecule is COCCn1c(=O)/c(=C/c2ccc(OC)cc2)s/c1=C(\C#N)C(=O)C(C)(C)C. The van der Waals surface area contributed by atoms with Gasteiger partial charge in [0.15, 0.2) is 5.78 Å². The van der Waals surface area contributed by atoms with Crippen molar-refractivity contribution in [2.75, 3.05) is 20.8 Å². The van der Waals surface area contributed by atoms with Crippen molar-refractivity contribution >= 4 is 28.8 Å². The standard InChI is InChI=1S/C21H24N2O4S/c1-21(2,3)18(24)16(13-22)20-23(10-11-26-4)19(25)17(28-20)12-14-6-8-15(27-5)9-7-14/h6-9,12H,10-11H2,1-5H3/b17-12-,20-16+. The highest BCUT2D eigenvalue weighted by Gasteiger charge is 2.27. The van der Waals surface area contributed by atoms with Crippen molar-refractivity contribution in [2.45, 2.75) is 27.3 Å². The number of hydrogen-bond donors (Lipinski definition) is 0. The topological polar surface area (TPSA) is 81.3 Å². The third-order valence-electron chi connectivity index (χ3n) is 4.07. The van der Waals surface area contributed by atoms with Crippen LogP contribution in [0.3, 0.4) is 0 Å². The zero-order valence-electron chi connectivity index (χ0n) is 16.7. The monoisotopic (exact) mass is 400 g/mol. The lowest BCUT2D eigenvalue weighted by molar-refractivity contribution is -0.120. The molecule has 0 fully saturated rings. The van der Waals surface area contributed by atoms with Gasteiger partial charge in [-0.05, 0) is 23.8 Å². The molecule has 1 heterocycles. The Balaban J connectivity index is 2.76. The predicted molar refractivity (Wildman–Crippen MR) is 110 cm³/mol. The molecule has 0 saturated carbocycles. The number of Topliss-reactive ketones (excluding diaryl/α,β-unsaturated/α-hetero) is 1. The van der Waals surface area contributed by atoms with Crippen LogP contribution in [-0.4, -0.2) is 31.2 Å². The van der Waals surface area contributed by atoms with Crippen LogP contribution in [0.4, 0.5) is 0 Å². The van der Waals surface area contributed by atoms with Gasteiger partial charge in [0.1, 0.15) is 22.1 Å². The van der Waals surface area contributed by atoms with Crippen molar-refractivity contribution in [1.29, 1.82) is 5.26 Å². The number of nitrogens with zero attached hydrogens (tertiary/aromatic N) is 2. The lowest BCUT2D eigenvalue weighted by Gasteiger charge is -2.15. The fourth-order valence-corrected chi connectivity index (χ4v) is 3.64. The van der Waals surface area contributed by atoms with E-state index < -0.39 is 5.41 Å². The molecule has 2 aromatic rings. The molecule has 0 aliphatic carbocycles. The molecule has 0 aliphatic rings. The average molecular weight is 401 g/mol. The molecule has 28 heavy (non-hydrogen) atoms. The molecule has 1 aromatic heterocycles. The molecule has 0 bridgehead atoms. The van der Waals surface area contributed by atoms with Crippen LogP contribution in [0, 0.1) is 16.7 Å². The Bertz CT molecular complexity index is 1060. The largest absolute Gasteiger partial charge is 0.497 e. The van der Waals surface area contributed by atoms with Gasteiger partial charge in [-0.1, -0.05) is 32.9 Å². The molecule has 0 saturated heterocycles. The summed E-state index contributed by atoms with van der Waals surface area (Å²) in [6.07, 6.45) is 1.75. The first-order valence-corrected chi connectivity index (χ1v) is 9.58. The number of benzene rings is 1. The number of methoxy groups -OCH3 is 2. The number of rotatable bonds is 6.